The maximum atomic E-state index is 12.9. The molecule has 0 aliphatic carbocycles. The van der Waals surface area contributed by atoms with Crippen LogP contribution in [0.25, 0.3) is 0 Å². The van der Waals surface area contributed by atoms with Crippen molar-refractivity contribution >= 4 is 12.1 Å². The highest BCUT2D eigenvalue weighted by Crippen LogP contribution is 2.27. The fourth-order valence-corrected chi connectivity index (χ4v) is 1.37. The monoisotopic (exact) mass is 190 g/mol. The molecule has 6 heteroatoms. The SMILES string of the molecule is O=C1CCC(C2OC(=O)OC2F)O1. The van der Waals surface area contributed by atoms with Gasteiger partial charge in [-0.3, -0.25) is 4.79 Å². The summed E-state index contributed by atoms with van der Waals surface area (Å²) < 4.78 is 26.2. The molecule has 0 amide bonds. The van der Waals surface area contributed by atoms with Crippen molar-refractivity contribution in [3.8, 4) is 0 Å². The Morgan fingerprint density at radius 2 is 2.00 bits per heavy atom. The predicted molar refractivity (Wildman–Crippen MR) is 35.4 cm³/mol. The van der Waals surface area contributed by atoms with Gasteiger partial charge in [0.05, 0.1) is 0 Å². The van der Waals surface area contributed by atoms with Crippen LogP contribution in [0.2, 0.25) is 0 Å². The van der Waals surface area contributed by atoms with Gasteiger partial charge in [0.15, 0.2) is 0 Å². The van der Waals surface area contributed by atoms with Crippen LogP contribution in [-0.2, 0) is 19.0 Å². The molecule has 0 aromatic carbocycles. The smallest absolute Gasteiger partial charge is 0.458 e. The third-order valence-electron chi connectivity index (χ3n) is 1.98. The maximum Gasteiger partial charge on any atom is 0.511 e. The normalized spacial score (nSPS) is 38.4. The van der Waals surface area contributed by atoms with Crippen LogP contribution < -0.4 is 0 Å². The highest BCUT2D eigenvalue weighted by Gasteiger charge is 2.46. The van der Waals surface area contributed by atoms with Crippen molar-refractivity contribution in [3.05, 3.63) is 0 Å². The zero-order valence-electron chi connectivity index (χ0n) is 6.57. The summed E-state index contributed by atoms with van der Waals surface area (Å²) in [4.78, 5) is 21.1. The van der Waals surface area contributed by atoms with E-state index in [9.17, 15) is 14.0 Å². The van der Waals surface area contributed by atoms with E-state index in [1.54, 1.807) is 0 Å². The summed E-state index contributed by atoms with van der Waals surface area (Å²) in [5.74, 6) is -0.403. The zero-order valence-corrected chi connectivity index (χ0v) is 6.57. The van der Waals surface area contributed by atoms with Crippen LogP contribution in [0.1, 0.15) is 12.8 Å². The van der Waals surface area contributed by atoms with Crippen molar-refractivity contribution < 1.29 is 28.2 Å². The first kappa shape index (κ1) is 8.28. The molecule has 0 aromatic rings. The van der Waals surface area contributed by atoms with Crippen molar-refractivity contribution in [2.45, 2.75) is 31.4 Å². The molecule has 5 nitrogen and oxygen atoms in total. The fourth-order valence-electron chi connectivity index (χ4n) is 1.37. The minimum atomic E-state index is -1.83. The Kier molecular flexibility index (Phi) is 1.82. The highest BCUT2D eigenvalue weighted by molar-refractivity contribution is 5.71. The Hall–Kier alpha value is -1.33. The first-order valence-electron chi connectivity index (χ1n) is 3.87. The number of alkyl halides is 1. The Morgan fingerprint density at radius 3 is 2.46 bits per heavy atom. The zero-order chi connectivity index (χ0) is 9.42. The number of carbonyl (C=O) groups excluding carboxylic acids is 2. The Bertz CT molecular complexity index is 253. The molecule has 3 unspecified atom stereocenters. The van der Waals surface area contributed by atoms with Crippen LogP contribution in [0.15, 0.2) is 0 Å². The Balaban J connectivity index is 2.01. The van der Waals surface area contributed by atoms with Crippen molar-refractivity contribution in [2.24, 2.45) is 0 Å². The first-order chi connectivity index (χ1) is 6.16. The molecule has 2 saturated heterocycles. The van der Waals surface area contributed by atoms with E-state index < -0.39 is 30.7 Å². The van der Waals surface area contributed by atoms with Crippen LogP contribution >= 0.6 is 0 Å². The molecule has 13 heavy (non-hydrogen) atoms. The predicted octanol–water partition coefficient (Wildman–Crippen LogP) is 0.523. The van der Waals surface area contributed by atoms with Gasteiger partial charge in [-0.25, -0.2) is 4.79 Å². The van der Waals surface area contributed by atoms with Gasteiger partial charge in [0.25, 0.3) is 6.36 Å². The van der Waals surface area contributed by atoms with E-state index in [0.29, 0.717) is 6.42 Å². The quantitative estimate of drug-likeness (QED) is 0.564. The molecule has 3 atom stereocenters. The lowest BCUT2D eigenvalue weighted by molar-refractivity contribution is -0.146. The molecular weight excluding hydrogens is 183 g/mol. The van der Waals surface area contributed by atoms with Crippen LogP contribution in [0.3, 0.4) is 0 Å². The molecule has 2 heterocycles. The number of halogens is 1. The van der Waals surface area contributed by atoms with Crippen molar-refractivity contribution in [3.63, 3.8) is 0 Å². The van der Waals surface area contributed by atoms with Gasteiger partial charge < -0.3 is 14.2 Å². The average molecular weight is 190 g/mol. The second-order valence-electron chi connectivity index (χ2n) is 2.87. The lowest BCUT2D eigenvalue weighted by atomic mass is 10.1. The number of ether oxygens (including phenoxy) is 3. The van der Waals surface area contributed by atoms with E-state index in [0.717, 1.165) is 0 Å². The van der Waals surface area contributed by atoms with E-state index in [1.165, 1.54) is 0 Å². The van der Waals surface area contributed by atoms with Gasteiger partial charge in [0.1, 0.15) is 6.10 Å². The molecule has 2 fully saturated rings. The second-order valence-corrected chi connectivity index (χ2v) is 2.87. The van der Waals surface area contributed by atoms with E-state index in [4.69, 9.17) is 4.74 Å². The summed E-state index contributed by atoms with van der Waals surface area (Å²) >= 11 is 0. The number of esters is 1. The Labute approximate surface area is 72.7 Å². The molecule has 0 bridgehead atoms. The summed E-state index contributed by atoms with van der Waals surface area (Å²) in [5, 5.41) is 0. The van der Waals surface area contributed by atoms with Crippen LogP contribution in [0, 0.1) is 0 Å². The van der Waals surface area contributed by atoms with Gasteiger partial charge in [0.2, 0.25) is 6.10 Å². The largest absolute Gasteiger partial charge is 0.511 e. The minimum Gasteiger partial charge on any atom is -0.458 e. The standard InChI is InChI=1S/C7H7FO5/c8-6-5(12-7(10)13-6)3-1-2-4(9)11-3/h3,5-6H,1-2H2. The Morgan fingerprint density at radius 1 is 1.23 bits per heavy atom. The van der Waals surface area contributed by atoms with Gasteiger partial charge in [-0.2, -0.15) is 4.39 Å². The molecule has 0 N–H and O–H groups in total. The number of carbonyl (C=O) groups is 2. The van der Waals surface area contributed by atoms with Crippen LogP contribution in [0.5, 0.6) is 0 Å². The lowest BCUT2D eigenvalue weighted by Gasteiger charge is -2.14. The second kappa shape index (κ2) is 2.86. The minimum absolute atomic E-state index is 0.228. The number of hydrogen-bond donors (Lipinski definition) is 0. The van der Waals surface area contributed by atoms with Crippen molar-refractivity contribution in [1.82, 2.24) is 0 Å². The molecule has 0 aromatic heterocycles. The number of cyclic esters (lactones) is 3. The number of rotatable bonds is 1. The lowest BCUT2D eigenvalue weighted by Crippen LogP contribution is -2.32. The third-order valence-corrected chi connectivity index (χ3v) is 1.98. The number of hydrogen-bond acceptors (Lipinski definition) is 5. The molecule has 0 saturated carbocycles. The van der Waals surface area contributed by atoms with Crippen molar-refractivity contribution in [1.29, 1.82) is 0 Å². The van der Waals surface area contributed by atoms with Gasteiger partial charge in [-0.05, 0) is 6.42 Å². The molecular formula is C7H7FO5. The average Bonchev–Trinajstić information content (AvgIpc) is 2.58. The van der Waals surface area contributed by atoms with Gasteiger partial charge in [-0.1, -0.05) is 0 Å². The highest BCUT2D eigenvalue weighted by atomic mass is 19.1. The van der Waals surface area contributed by atoms with E-state index in [-0.39, 0.29) is 6.42 Å². The van der Waals surface area contributed by atoms with Gasteiger partial charge in [-0.15, -0.1) is 0 Å². The first-order valence-corrected chi connectivity index (χ1v) is 3.87. The maximum absolute atomic E-state index is 12.9. The molecule has 2 rings (SSSR count). The van der Waals surface area contributed by atoms with E-state index >= 15 is 0 Å². The van der Waals surface area contributed by atoms with Gasteiger partial charge >= 0.3 is 12.1 Å². The molecule has 2 aliphatic heterocycles. The topological polar surface area (TPSA) is 61.8 Å². The summed E-state index contributed by atoms with van der Waals surface area (Å²) in [5.41, 5.74) is 0. The van der Waals surface area contributed by atoms with E-state index in [1.807, 2.05) is 0 Å². The summed E-state index contributed by atoms with van der Waals surface area (Å²) in [6.45, 7) is 0. The summed E-state index contributed by atoms with van der Waals surface area (Å²) in [7, 11) is 0. The molecule has 0 spiro atoms. The molecule has 2 aliphatic rings. The molecule has 0 radical (unpaired) electrons. The summed E-state index contributed by atoms with van der Waals surface area (Å²) in [6.07, 6.45) is -4.09. The van der Waals surface area contributed by atoms with Gasteiger partial charge in [0, 0.05) is 6.42 Å². The van der Waals surface area contributed by atoms with Crippen LogP contribution in [0.4, 0.5) is 9.18 Å². The van der Waals surface area contributed by atoms with Crippen molar-refractivity contribution in [2.75, 3.05) is 0 Å². The fraction of sp³-hybridized carbons (Fsp3) is 0.714. The summed E-state index contributed by atoms with van der Waals surface area (Å²) in [6, 6.07) is 0. The van der Waals surface area contributed by atoms with Crippen LogP contribution in [-0.4, -0.2) is 30.7 Å². The molecule has 72 valence electrons. The third kappa shape index (κ3) is 1.43. The van der Waals surface area contributed by atoms with E-state index in [2.05, 4.69) is 9.47 Å².